The first kappa shape index (κ1) is 15.4. The number of aromatic nitrogens is 2. The maximum absolute atomic E-state index is 12.2. The van der Waals surface area contributed by atoms with Crippen LogP contribution in [0.3, 0.4) is 0 Å². The number of anilines is 1. The van der Waals surface area contributed by atoms with Crippen LogP contribution in [0.2, 0.25) is 10.0 Å². The lowest BCUT2D eigenvalue weighted by molar-refractivity contribution is -0.119. The molecule has 7 heteroatoms. The van der Waals surface area contributed by atoms with Crippen molar-refractivity contribution in [3.63, 3.8) is 0 Å². The maximum atomic E-state index is 12.2. The number of hydrogen-bond donors (Lipinski definition) is 1. The van der Waals surface area contributed by atoms with Gasteiger partial charge in [-0.3, -0.25) is 9.48 Å². The summed E-state index contributed by atoms with van der Waals surface area (Å²) < 4.78 is 2.52. The van der Waals surface area contributed by atoms with Crippen LogP contribution in [0.5, 0.6) is 0 Å². The minimum atomic E-state index is -0.434. The summed E-state index contributed by atoms with van der Waals surface area (Å²) >= 11 is 15.1. The molecular formula is C13H12BrCl2N3O. The highest BCUT2D eigenvalue weighted by molar-refractivity contribution is 9.10. The molecule has 1 N–H and O–H groups in total. The molecule has 0 bridgehead atoms. The minimum absolute atomic E-state index is 0.179. The van der Waals surface area contributed by atoms with Gasteiger partial charge in [0.1, 0.15) is 6.04 Å². The second-order valence-corrected chi connectivity index (χ2v) is 5.99. The van der Waals surface area contributed by atoms with Crippen molar-refractivity contribution in [2.24, 2.45) is 0 Å². The molecule has 2 aromatic rings. The van der Waals surface area contributed by atoms with E-state index in [0.717, 1.165) is 10.2 Å². The van der Waals surface area contributed by atoms with Gasteiger partial charge in [-0.1, -0.05) is 23.2 Å². The Balaban J connectivity index is 2.15. The van der Waals surface area contributed by atoms with Gasteiger partial charge in [-0.25, -0.2) is 0 Å². The Labute approximate surface area is 135 Å². The van der Waals surface area contributed by atoms with Crippen molar-refractivity contribution in [2.45, 2.75) is 19.9 Å². The fourth-order valence-corrected chi connectivity index (χ4v) is 2.30. The highest BCUT2D eigenvalue weighted by Gasteiger charge is 2.18. The van der Waals surface area contributed by atoms with Crippen molar-refractivity contribution >= 4 is 50.7 Å². The Kier molecular flexibility index (Phi) is 4.73. The first-order valence-corrected chi connectivity index (χ1v) is 7.40. The Morgan fingerprint density at radius 3 is 2.65 bits per heavy atom. The molecular weight excluding hydrogens is 365 g/mol. The third-order valence-electron chi connectivity index (χ3n) is 2.92. The highest BCUT2D eigenvalue weighted by Crippen LogP contribution is 2.26. The van der Waals surface area contributed by atoms with Crippen LogP contribution in [0.25, 0.3) is 0 Å². The van der Waals surface area contributed by atoms with Crippen LogP contribution < -0.4 is 5.32 Å². The second kappa shape index (κ2) is 6.16. The molecule has 1 atom stereocenters. The number of hydrogen-bond acceptors (Lipinski definition) is 2. The van der Waals surface area contributed by atoms with E-state index in [-0.39, 0.29) is 5.91 Å². The summed E-state index contributed by atoms with van der Waals surface area (Å²) in [6, 6.07) is 4.51. The van der Waals surface area contributed by atoms with Crippen LogP contribution in [-0.2, 0) is 4.79 Å². The molecule has 1 amide bonds. The first-order chi connectivity index (χ1) is 9.40. The fraction of sp³-hybridized carbons (Fsp3) is 0.231. The van der Waals surface area contributed by atoms with Crippen LogP contribution in [0, 0.1) is 6.92 Å². The number of carbonyl (C=O) groups is 1. The zero-order valence-corrected chi connectivity index (χ0v) is 13.9. The zero-order valence-electron chi connectivity index (χ0n) is 10.8. The molecule has 20 heavy (non-hydrogen) atoms. The average molecular weight is 377 g/mol. The van der Waals surface area contributed by atoms with Gasteiger partial charge in [0.25, 0.3) is 0 Å². The monoisotopic (exact) mass is 375 g/mol. The summed E-state index contributed by atoms with van der Waals surface area (Å²) in [5, 5.41) is 7.80. The maximum Gasteiger partial charge on any atom is 0.248 e. The summed E-state index contributed by atoms with van der Waals surface area (Å²) in [5.74, 6) is -0.179. The fourth-order valence-electron chi connectivity index (χ4n) is 1.72. The lowest BCUT2D eigenvalue weighted by atomic mass is 10.2. The van der Waals surface area contributed by atoms with E-state index in [9.17, 15) is 4.79 Å². The van der Waals surface area contributed by atoms with Crippen molar-refractivity contribution in [2.75, 3.05) is 5.32 Å². The van der Waals surface area contributed by atoms with E-state index in [0.29, 0.717) is 15.7 Å². The number of rotatable bonds is 3. The summed E-state index contributed by atoms with van der Waals surface area (Å²) in [6.07, 6.45) is 1.66. The first-order valence-electron chi connectivity index (χ1n) is 5.85. The van der Waals surface area contributed by atoms with Crippen LogP contribution >= 0.6 is 39.1 Å². The molecule has 0 saturated carbocycles. The van der Waals surface area contributed by atoms with E-state index in [1.807, 2.05) is 6.92 Å². The van der Waals surface area contributed by atoms with E-state index < -0.39 is 6.04 Å². The molecule has 0 radical (unpaired) electrons. The number of nitrogens with one attached hydrogen (secondary N) is 1. The summed E-state index contributed by atoms with van der Waals surface area (Å²) in [4.78, 5) is 12.2. The van der Waals surface area contributed by atoms with E-state index in [1.165, 1.54) is 0 Å². The van der Waals surface area contributed by atoms with Gasteiger partial charge in [-0.05, 0) is 48.0 Å². The van der Waals surface area contributed by atoms with Gasteiger partial charge in [-0.2, -0.15) is 5.10 Å². The molecule has 1 heterocycles. The Morgan fingerprint density at radius 1 is 1.40 bits per heavy atom. The highest BCUT2D eigenvalue weighted by atomic mass is 79.9. The number of halogens is 3. The van der Waals surface area contributed by atoms with Gasteiger partial charge in [-0.15, -0.1) is 0 Å². The Bertz CT molecular complexity index is 657. The van der Waals surface area contributed by atoms with Gasteiger partial charge in [0.2, 0.25) is 5.91 Å². The number of nitrogens with zero attached hydrogens (tertiary/aromatic N) is 2. The molecule has 2 rings (SSSR count). The van der Waals surface area contributed by atoms with Crippen LogP contribution in [0.4, 0.5) is 5.69 Å². The van der Waals surface area contributed by atoms with Gasteiger partial charge in [0.15, 0.2) is 0 Å². The zero-order chi connectivity index (χ0) is 14.9. The third-order valence-corrected chi connectivity index (χ3v) is 4.44. The topological polar surface area (TPSA) is 46.9 Å². The molecule has 0 saturated heterocycles. The van der Waals surface area contributed by atoms with E-state index in [1.54, 1.807) is 36.0 Å². The third kappa shape index (κ3) is 3.16. The molecule has 1 aromatic carbocycles. The van der Waals surface area contributed by atoms with Crippen LogP contribution in [0.1, 0.15) is 18.7 Å². The molecule has 0 fully saturated rings. The Hall–Kier alpha value is -1.04. The molecule has 1 unspecified atom stereocenters. The largest absolute Gasteiger partial charge is 0.324 e. The van der Waals surface area contributed by atoms with Crippen LogP contribution in [0.15, 0.2) is 28.9 Å². The van der Waals surface area contributed by atoms with E-state index in [4.69, 9.17) is 23.2 Å². The smallest absolute Gasteiger partial charge is 0.248 e. The summed E-state index contributed by atoms with van der Waals surface area (Å²) in [7, 11) is 0. The molecule has 1 aromatic heterocycles. The molecule has 0 spiro atoms. The molecule has 0 aliphatic rings. The predicted octanol–water partition coefficient (Wildman–Crippen LogP) is 4.46. The lowest BCUT2D eigenvalue weighted by Crippen LogP contribution is -2.25. The molecule has 106 valence electrons. The van der Waals surface area contributed by atoms with Crippen molar-refractivity contribution < 1.29 is 4.79 Å². The van der Waals surface area contributed by atoms with Crippen molar-refractivity contribution in [1.82, 2.24) is 9.78 Å². The Morgan fingerprint density at radius 2 is 2.10 bits per heavy atom. The summed E-state index contributed by atoms with van der Waals surface area (Å²) in [6.45, 7) is 3.67. The number of carbonyl (C=O) groups excluding carboxylic acids is 1. The van der Waals surface area contributed by atoms with Gasteiger partial charge in [0.05, 0.1) is 26.4 Å². The predicted molar refractivity (Wildman–Crippen MR) is 84.5 cm³/mol. The molecule has 4 nitrogen and oxygen atoms in total. The van der Waals surface area contributed by atoms with Gasteiger partial charge >= 0.3 is 0 Å². The number of benzene rings is 1. The van der Waals surface area contributed by atoms with E-state index in [2.05, 4.69) is 26.3 Å². The standard InChI is InChI=1S/C13H12BrCl2N3O/c1-7-10(14)6-17-19(7)8(2)13(20)18-9-3-4-11(15)12(16)5-9/h3-6,8H,1-2H3,(H,18,20). The summed E-state index contributed by atoms with van der Waals surface area (Å²) in [5.41, 5.74) is 1.49. The van der Waals surface area contributed by atoms with Crippen molar-refractivity contribution in [1.29, 1.82) is 0 Å². The van der Waals surface area contributed by atoms with E-state index >= 15 is 0 Å². The normalized spacial score (nSPS) is 12.2. The molecule has 0 aliphatic carbocycles. The lowest BCUT2D eigenvalue weighted by Gasteiger charge is -2.14. The molecule has 0 aliphatic heterocycles. The van der Waals surface area contributed by atoms with Gasteiger partial charge in [0, 0.05) is 5.69 Å². The average Bonchev–Trinajstić information content (AvgIpc) is 2.73. The minimum Gasteiger partial charge on any atom is -0.324 e. The van der Waals surface area contributed by atoms with Gasteiger partial charge < -0.3 is 5.32 Å². The van der Waals surface area contributed by atoms with Crippen molar-refractivity contribution in [3.8, 4) is 0 Å². The van der Waals surface area contributed by atoms with Crippen LogP contribution in [-0.4, -0.2) is 15.7 Å². The quantitative estimate of drug-likeness (QED) is 0.859. The van der Waals surface area contributed by atoms with Crippen molar-refractivity contribution in [3.05, 3.63) is 44.6 Å². The second-order valence-electron chi connectivity index (χ2n) is 4.32. The SMILES string of the molecule is Cc1c(Br)cnn1C(C)C(=O)Nc1ccc(Cl)c(Cl)c1. The number of amides is 1.